The fourth-order valence-electron chi connectivity index (χ4n) is 4.82. The van der Waals surface area contributed by atoms with E-state index in [1.165, 1.54) is 29.2 Å². The van der Waals surface area contributed by atoms with Crippen molar-refractivity contribution >= 4 is 62.3 Å². The van der Waals surface area contributed by atoms with E-state index in [2.05, 4.69) is 5.32 Å². The largest absolute Gasteiger partial charge is 0.354 e. The molecule has 4 aromatic carbocycles. The molecule has 7 nitrogen and oxygen atoms in total. The molecule has 0 saturated carbocycles. The quantitative estimate of drug-likeness (QED) is 0.156. The highest BCUT2D eigenvalue weighted by atomic mass is 35.5. The lowest BCUT2D eigenvalue weighted by atomic mass is 10.0. The van der Waals surface area contributed by atoms with Crippen molar-refractivity contribution < 1.29 is 18.0 Å². The molecule has 0 aliphatic carbocycles. The summed E-state index contributed by atoms with van der Waals surface area (Å²) < 4.78 is 29.4. The van der Waals surface area contributed by atoms with Crippen molar-refractivity contribution in [3.05, 3.63) is 129 Å². The second kappa shape index (κ2) is 15.8. The molecule has 0 radical (unpaired) electrons. The Morgan fingerprint density at radius 1 is 0.804 bits per heavy atom. The third kappa shape index (κ3) is 8.82. The molecule has 0 spiro atoms. The van der Waals surface area contributed by atoms with Crippen LogP contribution in [0.3, 0.4) is 0 Å². The fourth-order valence-corrected chi connectivity index (χ4v) is 6.89. The van der Waals surface area contributed by atoms with Crippen LogP contribution in [0.1, 0.15) is 30.5 Å². The number of anilines is 1. The summed E-state index contributed by atoms with van der Waals surface area (Å²) in [5, 5.41) is 3.47. The van der Waals surface area contributed by atoms with Gasteiger partial charge in [0.05, 0.1) is 20.6 Å². The number of hydrogen-bond donors (Lipinski definition) is 1. The standard InChI is InChI=1S/C35H36Cl3N3O4S/c1-24(2)21-39-35(43)32(20-26-10-5-4-6-11-26)40(22-27-12-7-8-13-29(27)36)33(42)23-41(31-15-9-14-30(37)34(31)38)46(44,45)28-18-16-25(3)17-19-28/h4-19,24,32H,20-23H2,1-3H3,(H,39,43)/t32-/m0/s1. The molecule has 0 bridgehead atoms. The number of halogens is 3. The van der Waals surface area contributed by atoms with E-state index in [0.717, 1.165) is 15.4 Å². The van der Waals surface area contributed by atoms with E-state index in [1.54, 1.807) is 42.5 Å². The lowest BCUT2D eigenvalue weighted by Crippen LogP contribution is -2.53. The van der Waals surface area contributed by atoms with Crippen LogP contribution in [0.15, 0.2) is 102 Å². The summed E-state index contributed by atoms with van der Waals surface area (Å²) >= 11 is 19.4. The number of rotatable bonds is 13. The molecule has 0 aliphatic rings. The zero-order chi connectivity index (χ0) is 33.4. The van der Waals surface area contributed by atoms with Gasteiger partial charge < -0.3 is 10.2 Å². The summed E-state index contributed by atoms with van der Waals surface area (Å²) in [6.45, 7) is 5.47. The minimum Gasteiger partial charge on any atom is -0.354 e. The van der Waals surface area contributed by atoms with E-state index in [9.17, 15) is 18.0 Å². The first kappa shape index (κ1) is 35.3. The third-order valence-electron chi connectivity index (χ3n) is 7.34. The number of sulfonamides is 1. The SMILES string of the molecule is Cc1ccc(S(=O)(=O)N(CC(=O)N(Cc2ccccc2Cl)[C@@H](Cc2ccccc2)C(=O)NCC(C)C)c2cccc(Cl)c2Cl)cc1. The van der Waals surface area contributed by atoms with Gasteiger partial charge in [-0.25, -0.2) is 8.42 Å². The number of carbonyl (C=O) groups excluding carboxylic acids is 2. The first-order valence-corrected chi connectivity index (χ1v) is 17.3. The van der Waals surface area contributed by atoms with Crippen molar-refractivity contribution in [3.8, 4) is 0 Å². The molecule has 0 saturated heterocycles. The Morgan fingerprint density at radius 2 is 1.43 bits per heavy atom. The van der Waals surface area contributed by atoms with Gasteiger partial charge in [-0.05, 0) is 54.3 Å². The van der Waals surface area contributed by atoms with Crippen molar-refractivity contribution in [2.75, 3.05) is 17.4 Å². The van der Waals surface area contributed by atoms with Crippen LogP contribution in [0.25, 0.3) is 0 Å². The van der Waals surface area contributed by atoms with Crippen LogP contribution >= 0.6 is 34.8 Å². The highest BCUT2D eigenvalue weighted by molar-refractivity contribution is 7.92. The van der Waals surface area contributed by atoms with Crippen LogP contribution in [0.4, 0.5) is 5.69 Å². The molecule has 11 heteroatoms. The number of amides is 2. The Labute approximate surface area is 286 Å². The predicted molar refractivity (Wildman–Crippen MR) is 186 cm³/mol. The summed E-state index contributed by atoms with van der Waals surface area (Å²) in [7, 11) is -4.33. The molecule has 0 unspecified atom stereocenters. The van der Waals surface area contributed by atoms with Crippen LogP contribution in [-0.4, -0.2) is 44.3 Å². The van der Waals surface area contributed by atoms with Crippen molar-refractivity contribution in [2.24, 2.45) is 5.92 Å². The predicted octanol–water partition coefficient (Wildman–Crippen LogP) is 7.56. The Bertz CT molecular complexity index is 1770. The van der Waals surface area contributed by atoms with Crippen LogP contribution in [-0.2, 0) is 32.6 Å². The van der Waals surface area contributed by atoms with E-state index in [-0.39, 0.29) is 45.4 Å². The smallest absolute Gasteiger partial charge is 0.264 e. The topological polar surface area (TPSA) is 86.8 Å². The number of nitrogens with zero attached hydrogens (tertiary/aromatic N) is 2. The van der Waals surface area contributed by atoms with E-state index in [4.69, 9.17) is 34.8 Å². The minimum atomic E-state index is -4.33. The lowest BCUT2D eigenvalue weighted by molar-refractivity contribution is -0.140. The second-order valence-electron chi connectivity index (χ2n) is 11.4. The van der Waals surface area contributed by atoms with Gasteiger partial charge in [-0.2, -0.15) is 0 Å². The number of carbonyl (C=O) groups is 2. The van der Waals surface area contributed by atoms with Gasteiger partial charge in [-0.15, -0.1) is 0 Å². The molecule has 1 atom stereocenters. The van der Waals surface area contributed by atoms with Crippen LogP contribution in [0.5, 0.6) is 0 Å². The Morgan fingerprint density at radius 3 is 2.09 bits per heavy atom. The lowest BCUT2D eigenvalue weighted by Gasteiger charge is -2.34. The van der Waals surface area contributed by atoms with E-state index in [0.29, 0.717) is 17.1 Å². The van der Waals surface area contributed by atoms with Gasteiger partial charge in [0.25, 0.3) is 10.0 Å². The second-order valence-corrected chi connectivity index (χ2v) is 14.4. The number of aryl methyl sites for hydroxylation is 1. The molecule has 0 aromatic heterocycles. The van der Waals surface area contributed by atoms with E-state index >= 15 is 0 Å². The molecule has 0 aliphatic heterocycles. The van der Waals surface area contributed by atoms with Gasteiger partial charge in [-0.1, -0.05) is 121 Å². The molecule has 46 heavy (non-hydrogen) atoms. The summed E-state index contributed by atoms with van der Waals surface area (Å²) in [4.78, 5) is 29.8. The molecule has 2 amide bonds. The summed E-state index contributed by atoms with van der Waals surface area (Å²) in [6.07, 6.45) is 0.184. The Hall–Kier alpha value is -3.56. The number of benzene rings is 4. The third-order valence-corrected chi connectivity index (χ3v) is 10.3. The molecule has 1 N–H and O–H groups in total. The van der Waals surface area contributed by atoms with E-state index in [1.807, 2.05) is 51.1 Å². The zero-order valence-electron chi connectivity index (χ0n) is 25.8. The van der Waals surface area contributed by atoms with Crippen molar-refractivity contribution in [2.45, 2.75) is 44.7 Å². The van der Waals surface area contributed by atoms with Gasteiger partial charge in [0.15, 0.2) is 0 Å². The monoisotopic (exact) mass is 699 g/mol. The van der Waals surface area contributed by atoms with Crippen molar-refractivity contribution in [1.29, 1.82) is 0 Å². The van der Waals surface area contributed by atoms with Gasteiger partial charge in [0.2, 0.25) is 11.8 Å². The minimum absolute atomic E-state index is 0.0270. The van der Waals surface area contributed by atoms with Gasteiger partial charge >= 0.3 is 0 Å². The van der Waals surface area contributed by atoms with Crippen molar-refractivity contribution in [1.82, 2.24) is 10.2 Å². The molecular weight excluding hydrogens is 665 g/mol. The first-order valence-electron chi connectivity index (χ1n) is 14.8. The van der Waals surface area contributed by atoms with Gasteiger partial charge in [0.1, 0.15) is 12.6 Å². The average molecular weight is 701 g/mol. The number of hydrogen-bond acceptors (Lipinski definition) is 4. The van der Waals surface area contributed by atoms with E-state index < -0.39 is 28.5 Å². The van der Waals surface area contributed by atoms with Crippen LogP contribution in [0.2, 0.25) is 15.1 Å². The summed E-state index contributed by atoms with van der Waals surface area (Å²) in [5.41, 5.74) is 2.32. The number of nitrogens with one attached hydrogen (secondary N) is 1. The molecule has 4 rings (SSSR count). The highest BCUT2D eigenvalue weighted by Gasteiger charge is 2.35. The first-order chi connectivity index (χ1) is 21.9. The Kier molecular flexibility index (Phi) is 12.1. The van der Waals surface area contributed by atoms with Crippen LogP contribution in [0, 0.1) is 12.8 Å². The fraction of sp³-hybridized carbons (Fsp3) is 0.257. The highest BCUT2D eigenvalue weighted by Crippen LogP contribution is 2.36. The normalized spacial score (nSPS) is 12.1. The maximum Gasteiger partial charge on any atom is 0.264 e. The van der Waals surface area contributed by atoms with Gasteiger partial charge in [0, 0.05) is 24.5 Å². The van der Waals surface area contributed by atoms with Crippen molar-refractivity contribution in [3.63, 3.8) is 0 Å². The molecule has 242 valence electrons. The molecule has 4 aromatic rings. The molecular formula is C35H36Cl3N3O4S. The molecule has 0 fully saturated rings. The molecule has 0 heterocycles. The maximum absolute atomic E-state index is 14.6. The zero-order valence-corrected chi connectivity index (χ0v) is 28.9. The average Bonchev–Trinajstić information content (AvgIpc) is 3.03. The Balaban J connectivity index is 1.84. The maximum atomic E-state index is 14.6. The van der Waals surface area contributed by atoms with Crippen LogP contribution < -0.4 is 9.62 Å². The summed E-state index contributed by atoms with van der Waals surface area (Å²) in [6, 6.07) is 26.2. The van der Waals surface area contributed by atoms with Gasteiger partial charge in [-0.3, -0.25) is 13.9 Å². The summed E-state index contributed by atoms with van der Waals surface area (Å²) in [5.74, 6) is -0.840.